The van der Waals surface area contributed by atoms with Crippen molar-refractivity contribution in [3.05, 3.63) is 40.8 Å². The fraction of sp³-hybridized carbons (Fsp3) is 0.250. The van der Waals surface area contributed by atoms with Crippen LogP contribution in [0.4, 0.5) is 10.2 Å². The number of aryl methyl sites for hydroxylation is 1. The molecule has 0 aliphatic heterocycles. The molecular weight excluding hydrogens is 241 g/mol. The third-order valence-corrected chi connectivity index (χ3v) is 2.77. The Morgan fingerprint density at radius 3 is 2.53 bits per heavy atom. The number of hydrogen-bond acceptors (Lipinski definition) is 2. The standard InChI is InChI=1S/C12H13ClFN3/c1-8-6-12(16(2)3)15-17(8)9-4-5-11(14)10(13)7-9/h4-7H,1-3H3. The first kappa shape index (κ1) is 11.9. The third kappa shape index (κ3) is 2.26. The van der Waals surface area contributed by atoms with Gasteiger partial charge in [-0.1, -0.05) is 11.6 Å². The van der Waals surface area contributed by atoms with E-state index < -0.39 is 5.82 Å². The lowest BCUT2D eigenvalue weighted by molar-refractivity contribution is 0.627. The zero-order valence-corrected chi connectivity index (χ0v) is 10.7. The van der Waals surface area contributed by atoms with E-state index in [1.165, 1.54) is 6.07 Å². The van der Waals surface area contributed by atoms with Gasteiger partial charge in [-0.2, -0.15) is 5.10 Å². The van der Waals surface area contributed by atoms with E-state index in [0.717, 1.165) is 17.2 Å². The number of benzene rings is 1. The Bertz CT molecular complexity index is 549. The lowest BCUT2D eigenvalue weighted by atomic mass is 10.3. The van der Waals surface area contributed by atoms with Crippen molar-refractivity contribution in [3.8, 4) is 5.69 Å². The average Bonchev–Trinajstić information content (AvgIpc) is 2.65. The lowest BCUT2D eigenvalue weighted by Gasteiger charge is -2.07. The molecule has 0 atom stereocenters. The molecule has 0 saturated heterocycles. The summed E-state index contributed by atoms with van der Waals surface area (Å²) in [6.45, 7) is 1.94. The Kier molecular flexibility index (Phi) is 3.07. The van der Waals surface area contributed by atoms with Crippen LogP contribution in [0.3, 0.4) is 0 Å². The second-order valence-electron chi connectivity index (χ2n) is 4.05. The topological polar surface area (TPSA) is 21.1 Å². The highest BCUT2D eigenvalue weighted by Gasteiger charge is 2.09. The van der Waals surface area contributed by atoms with Crippen LogP contribution in [0.15, 0.2) is 24.3 Å². The van der Waals surface area contributed by atoms with Crippen molar-refractivity contribution in [3.63, 3.8) is 0 Å². The second-order valence-corrected chi connectivity index (χ2v) is 4.46. The number of hydrogen-bond donors (Lipinski definition) is 0. The predicted octanol–water partition coefficient (Wildman–Crippen LogP) is 3.04. The molecule has 1 heterocycles. The zero-order valence-electron chi connectivity index (χ0n) is 9.91. The molecule has 2 aromatic rings. The molecule has 0 saturated carbocycles. The summed E-state index contributed by atoms with van der Waals surface area (Å²) in [4.78, 5) is 1.91. The summed E-state index contributed by atoms with van der Waals surface area (Å²) < 4.78 is 14.8. The second kappa shape index (κ2) is 4.37. The molecule has 0 amide bonds. The maximum absolute atomic E-state index is 13.1. The summed E-state index contributed by atoms with van der Waals surface area (Å²) in [5, 5.41) is 4.51. The van der Waals surface area contributed by atoms with Gasteiger partial charge in [0.15, 0.2) is 5.82 Å². The molecule has 0 aliphatic rings. The van der Waals surface area contributed by atoms with Crippen LogP contribution >= 0.6 is 11.6 Å². The van der Waals surface area contributed by atoms with Crippen LogP contribution in [0, 0.1) is 12.7 Å². The van der Waals surface area contributed by atoms with Crippen LogP contribution in [0.1, 0.15) is 5.69 Å². The van der Waals surface area contributed by atoms with Crippen LogP contribution < -0.4 is 4.90 Å². The first-order valence-corrected chi connectivity index (χ1v) is 5.56. The van der Waals surface area contributed by atoms with E-state index in [9.17, 15) is 4.39 Å². The van der Waals surface area contributed by atoms with Gasteiger partial charge >= 0.3 is 0 Å². The van der Waals surface area contributed by atoms with Crippen LogP contribution in [0.2, 0.25) is 5.02 Å². The van der Waals surface area contributed by atoms with E-state index >= 15 is 0 Å². The number of aromatic nitrogens is 2. The minimum absolute atomic E-state index is 0.101. The summed E-state index contributed by atoms with van der Waals surface area (Å²) >= 11 is 5.76. The van der Waals surface area contributed by atoms with Gasteiger partial charge in [-0.3, -0.25) is 0 Å². The number of anilines is 1. The molecule has 1 aromatic carbocycles. The first-order chi connectivity index (χ1) is 7.99. The molecule has 3 nitrogen and oxygen atoms in total. The van der Waals surface area contributed by atoms with Gasteiger partial charge in [0.2, 0.25) is 0 Å². The van der Waals surface area contributed by atoms with Gasteiger partial charge in [0.05, 0.1) is 10.7 Å². The van der Waals surface area contributed by atoms with Gasteiger partial charge < -0.3 is 4.90 Å². The van der Waals surface area contributed by atoms with E-state index in [2.05, 4.69) is 5.10 Å². The van der Waals surface area contributed by atoms with E-state index in [-0.39, 0.29) is 5.02 Å². The normalized spacial score (nSPS) is 10.6. The smallest absolute Gasteiger partial charge is 0.150 e. The van der Waals surface area contributed by atoms with Crippen molar-refractivity contribution in [2.45, 2.75) is 6.92 Å². The van der Waals surface area contributed by atoms with Crippen LogP contribution in [0.5, 0.6) is 0 Å². The molecular formula is C12H13ClFN3. The van der Waals surface area contributed by atoms with Crippen LogP contribution in [0.25, 0.3) is 5.69 Å². The van der Waals surface area contributed by atoms with Gasteiger partial charge in [-0.15, -0.1) is 0 Å². The minimum Gasteiger partial charge on any atom is -0.361 e. The SMILES string of the molecule is Cc1cc(N(C)C)nn1-c1ccc(F)c(Cl)c1. The zero-order chi connectivity index (χ0) is 12.6. The van der Waals surface area contributed by atoms with Crippen molar-refractivity contribution >= 4 is 17.4 Å². The molecule has 0 spiro atoms. The quantitative estimate of drug-likeness (QED) is 0.820. The van der Waals surface area contributed by atoms with E-state index in [0.29, 0.717) is 0 Å². The molecule has 90 valence electrons. The molecule has 0 unspecified atom stereocenters. The average molecular weight is 254 g/mol. The highest BCUT2D eigenvalue weighted by atomic mass is 35.5. The Balaban J connectivity index is 2.49. The van der Waals surface area contributed by atoms with Gasteiger partial charge in [-0.05, 0) is 25.1 Å². The molecule has 1 aromatic heterocycles. The van der Waals surface area contributed by atoms with Crippen molar-refractivity contribution < 1.29 is 4.39 Å². The molecule has 17 heavy (non-hydrogen) atoms. The monoisotopic (exact) mass is 253 g/mol. The Labute approximate surface area is 104 Å². The van der Waals surface area contributed by atoms with Crippen molar-refractivity contribution in [2.75, 3.05) is 19.0 Å². The van der Waals surface area contributed by atoms with E-state index in [1.54, 1.807) is 16.8 Å². The van der Waals surface area contributed by atoms with Gasteiger partial charge in [0.25, 0.3) is 0 Å². The summed E-state index contributed by atoms with van der Waals surface area (Å²) in [7, 11) is 3.84. The predicted molar refractivity (Wildman–Crippen MR) is 67.6 cm³/mol. The number of halogens is 2. The van der Waals surface area contributed by atoms with Gasteiger partial charge in [0, 0.05) is 25.9 Å². The number of nitrogens with zero attached hydrogens (tertiary/aromatic N) is 3. The van der Waals surface area contributed by atoms with Crippen LogP contribution in [-0.4, -0.2) is 23.9 Å². The molecule has 0 bridgehead atoms. The van der Waals surface area contributed by atoms with Crippen molar-refractivity contribution in [1.29, 1.82) is 0 Å². The summed E-state index contributed by atoms with van der Waals surface area (Å²) in [6.07, 6.45) is 0. The maximum atomic E-state index is 13.1. The highest BCUT2D eigenvalue weighted by Crippen LogP contribution is 2.21. The summed E-state index contributed by atoms with van der Waals surface area (Å²) in [5.74, 6) is 0.427. The molecule has 0 radical (unpaired) electrons. The Morgan fingerprint density at radius 1 is 1.29 bits per heavy atom. The van der Waals surface area contributed by atoms with Gasteiger partial charge in [-0.25, -0.2) is 9.07 Å². The van der Waals surface area contributed by atoms with E-state index in [1.807, 2.05) is 32.0 Å². The van der Waals surface area contributed by atoms with Crippen LogP contribution in [-0.2, 0) is 0 Å². The Hall–Kier alpha value is -1.55. The first-order valence-electron chi connectivity index (χ1n) is 5.18. The summed E-state index contributed by atoms with van der Waals surface area (Å²) in [6, 6.07) is 6.52. The van der Waals surface area contributed by atoms with Crippen molar-refractivity contribution in [1.82, 2.24) is 9.78 Å². The fourth-order valence-corrected chi connectivity index (χ4v) is 1.73. The number of rotatable bonds is 2. The maximum Gasteiger partial charge on any atom is 0.150 e. The molecule has 0 aliphatic carbocycles. The fourth-order valence-electron chi connectivity index (χ4n) is 1.55. The van der Waals surface area contributed by atoms with E-state index in [4.69, 9.17) is 11.6 Å². The molecule has 5 heteroatoms. The Morgan fingerprint density at radius 2 is 2.00 bits per heavy atom. The lowest BCUT2D eigenvalue weighted by Crippen LogP contribution is -2.09. The molecule has 0 fully saturated rings. The van der Waals surface area contributed by atoms with Crippen molar-refractivity contribution in [2.24, 2.45) is 0 Å². The van der Waals surface area contributed by atoms with Gasteiger partial charge in [0.1, 0.15) is 5.82 Å². The summed E-state index contributed by atoms with van der Waals surface area (Å²) in [5.41, 5.74) is 1.72. The largest absolute Gasteiger partial charge is 0.361 e. The third-order valence-electron chi connectivity index (χ3n) is 2.48. The minimum atomic E-state index is -0.423. The highest BCUT2D eigenvalue weighted by molar-refractivity contribution is 6.30. The molecule has 2 rings (SSSR count). The molecule has 0 N–H and O–H groups in total.